The molecule has 0 spiro atoms. The van der Waals surface area contributed by atoms with E-state index in [1.54, 1.807) is 27.7 Å². The van der Waals surface area contributed by atoms with Crippen LogP contribution in [-0.2, 0) is 18.9 Å². The van der Waals surface area contributed by atoms with Gasteiger partial charge in [0.05, 0.1) is 25.7 Å². The third kappa shape index (κ3) is 4.71. The first-order valence-electron chi connectivity index (χ1n) is 9.57. The van der Waals surface area contributed by atoms with Crippen molar-refractivity contribution in [2.24, 2.45) is 0 Å². The van der Waals surface area contributed by atoms with E-state index in [1.807, 2.05) is 0 Å². The number of rotatable bonds is 6. The van der Waals surface area contributed by atoms with Crippen molar-refractivity contribution in [1.82, 2.24) is 9.97 Å². The van der Waals surface area contributed by atoms with Crippen molar-refractivity contribution >= 4 is 5.69 Å². The van der Waals surface area contributed by atoms with Gasteiger partial charge in [-0.15, -0.1) is 0 Å². The fraction of sp³-hybridized carbons (Fsp3) is 0.778. The average Bonchev–Trinajstić information content (AvgIpc) is 2.96. The van der Waals surface area contributed by atoms with Gasteiger partial charge in [-0.05, 0) is 27.7 Å². The van der Waals surface area contributed by atoms with Gasteiger partial charge < -0.3 is 38.6 Å². The van der Waals surface area contributed by atoms with Crippen molar-refractivity contribution in [2.45, 2.75) is 69.8 Å². The van der Waals surface area contributed by atoms with Gasteiger partial charge in [0.2, 0.25) is 0 Å². The number of nitrogens with zero attached hydrogens (tertiary/aromatic N) is 3. The molecule has 174 valence electrons. The summed E-state index contributed by atoms with van der Waals surface area (Å²) in [5.41, 5.74) is -1.21. The van der Waals surface area contributed by atoms with E-state index in [2.05, 4.69) is 9.97 Å². The molecule has 13 nitrogen and oxygen atoms in total. The fourth-order valence-corrected chi connectivity index (χ4v) is 3.63. The van der Waals surface area contributed by atoms with Crippen LogP contribution in [0, 0.1) is 10.1 Å². The van der Waals surface area contributed by atoms with E-state index in [9.17, 15) is 20.3 Å². The number of aliphatic hydroxyl groups excluding tert-OH is 2. The van der Waals surface area contributed by atoms with Crippen LogP contribution in [-0.4, -0.2) is 81.9 Å². The predicted molar refractivity (Wildman–Crippen MR) is 101 cm³/mol. The lowest BCUT2D eigenvalue weighted by atomic mass is 9.97. The highest BCUT2D eigenvalue weighted by atomic mass is 16.8. The van der Waals surface area contributed by atoms with Gasteiger partial charge in [-0.25, -0.2) is 0 Å². The number of aromatic nitrogens is 2. The van der Waals surface area contributed by atoms with Gasteiger partial charge in [0.25, 0.3) is 0 Å². The highest BCUT2D eigenvalue weighted by molar-refractivity contribution is 5.47. The van der Waals surface area contributed by atoms with Crippen LogP contribution in [0.4, 0.5) is 5.69 Å². The summed E-state index contributed by atoms with van der Waals surface area (Å²) in [5, 5.41) is 33.7. The summed E-state index contributed by atoms with van der Waals surface area (Å²) in [6.07, 6.45) is -6.20. The number of hydrogen-bond acceptors (Lipinski definition) is 12. The molecule has 0 unspecified atom stereocenters. The average molecular weight is 445 g/mol. The molecule has 13 heteroatoms. The van der Waals surface area contributed by atoms with Crippen LogP contribution in [0.1, 0.15) is 39.5 Å². The maximum Gasteiger partial charge on any atom is 0.355 e. The molecule has 0 aromatic carbocycles. The summed E-state index contributed by atoms with van der Waals surface area (Å²) in [6, 6.07) is -0.284. The molecule has 2 aliphatic heterocycles. The monoisotopic (exact) mass is 445 g/mol. The first kappa shape index (κ1) is 23.5. The van der Waals surface area contributed by atoms with Gasteiger partial charge in [0, 0.05) is 0 Å². The van der Waals surface area contributed by atoms with Crippen molar-refractivity contribution in [3.05, 3.63) is 15.8 Å². The molecule has 1 aromatic heterocycles. The summed E-state index contributed by atoms with van der Waals surface area (Å²) < 4.78 is 33.2. The smallest absolute Gasteiger partial charge is 0.355 e. The second-order valence-electron chi connectivity index (χ2n) is 8.08. The van der Waals surface area contributed by atoms with E-state index in [0.29, 0.717) is 0 Å². The van der Waals surface area contributed by atoms with Crippen LogP contribution < -0.4 is 9.47 Å². The number of aliphatic hydroxyl groups is 2. The van der Waals surface area contributed by atoms with Gasteiger partial charge in [0.1, 0.15) is 30.5 Å². The Morgan fingerprint density at radius 3 is 2.35 bits per heavy atom. The SMILES string of the molecule is COc1nc(OC)c([N+](=O)[O-])c([C@H](O)[C@@H](O)[C@@H]2OC(C)(C)OC[C@H]3OC(C)(C)O[C@@H]23)n1. The number of methoxy groups -OCH3 is 2. The highest BCUT2D eigenvalue weighted by Crippen LogP contribution is 2.41. The van der Waals surface area contributed by atoms with Gasteiger partial charge >= 0.3 is 17.6 Å². The molecule has 0 radical (unpaired) electrons. The van der Waals surface area contributed by atoms with Crippen LogP contribution in [0.25, 0.3) is 0 Å². The van der Waals surface area contributed by atoms with E-state index in [-0.39, 0.29) is 12.6 Å². The van der Waals surface area contributed by atoms with Gasteiger partial charge in [-0.1, -0.05) is 0 Å². The molecule has 2 fully saturated rings. The van der Waals surface area contributed by atoms with Gasteiger partial charge in [0.15, 0.2) is 17.3 Å². The maximum absolute atomic E-state index is 11.6. The minimum Gasteiger partial charge on any atom is -0.476 e. The number of nitro groups is 1. The molecule has 3 heterocycles. The van der Waals surface area contributed by atoms with Crippen LogP contribution >= 0.6 is 0 Å². The first-order chi connectivity index (χ1) is 14.4. The predicted octanol–water partition coefficient (Wildman–Crippen LogP) is 0.468. The third-order valence-corrected chi connectivity index (χ3v) is 4.92. The van der Waals surface area contributed by atoms with Gasteiger partial charge in [-0.3, -0.25) is 10.1 Å². The molecule has 31 heavy (non-hydrogen) atoms. The molecular weight excluding hydrogens is 418 g/mol. The topological polar surface area (TPSA) is 165 Å². The van der Waals surface area contributed by atoms with Crippen molar-refractivity contribution < 1.29 is 43.6 Å². The van der Waals surface area contributed by atoms with Crippen molar-refractivity contribution in [1.29, 1.82) is 0 Å². The molecule has 2 N–H and O–H groups in total. The summed E-state index contributed by atoms with van der Waals surface area (Å²) in [7, 11) is 2.42. The molecule has 3 rings (SSSR count). The standard InChI is InChI=1S/C18H27N3O10/c1-17(2)28-7-8-13(30-18(3,4)29-8)14(31-17)12(23)11(22)9-10(21(24)25)15(26-5)20-16(19-9)27-6/h8,11-14,22-23H,7H2,1-6H3/t8-,11+,12-,13-,14+/m1/s1. The van der Waals surface area contributed by atoms with E-state index in [0.717, 1.165) is 0 Å². The van der Waals surface area contributed by atoms with Crippen LogP contribution in [0.3, 0.4) is 0 Å². The van der Waals surface area contributed by atoms with Crippen LogP contribution in [0.5, 0.6) is 11.9 Å². The van der Waals surface area contributed by atoms with E-state index < -0.39 is 64.3 Å². The zero-order chi connectivity index (χ0) is 23.1. The fourth-order valence-electron chi connectivity index (χ4n) is 3.63. The summed E-state index contributed by atoms with van der Waals surface area (Å²) >= 11 is 0. The number of hydrogen-bond donors (Lipinski definition) is 2. The Hall–Kier alpha value is -2.16. The lowest BCUT2D eigenvalue weighted by molar-refractivity contribution is -0.388. The Bertz CT molecular complexity index is 833. The van der Waals surface area contributed by atoms with Crippen molar-refractivity contribution in [2.75, 3.05) is 20.8 Å². The highest BCUT2D eigenvalue weighted by Gasteiger charge is 2.53. The Balaban J connectivity index is 2.02. The minimum absolute atomic E-state index is 0.121. The zero-order valence-electron chi connectivity index (χ0n) is 18.1. The van der Waals surface area contributed by atoms with Crippen LogP contribution in [0.15, 0.2) is 0 Å². The second-order valence-corrected chi connectivity index (χ2v) is 8.08. The Morgan fingerprint density at radius 1 is 1.10 bits per heavy atom. The zero-order valence-corrected chi connectivity index (χ0v) is 18.1. The largest absolute Gasteiger partial charge is 0.476 e. The quantitative estimate of drug-likeness (QED) is 0.460. The Labute approximate surface area is 178 Å². The lowest BCUT2D eigenvalue weighted by Crippen LogP contribution is -2.49. The molecule has 0 saturated carbocycles. The van der Waals surface area contributed by atoms with Crippen LogP contribution in [0.2, 0.25) is 0 Å². The minimum atomic E-state index is -1.88. The molecule has 5 atom stereocenters. The van der Waals surface area contributed by atoms with Crippen molar-refractivity contribution in [3.63, 3.8) is 0 Å². The molecule has 0 aliphatic carbocycles. The number of ether oxygens (including phenoxy) is 6. The molecule has 1 aromatic rings. The van der Waals surface area contributed by atoms with Gasteiger partial charge in [-0.2, -0.15) is 9.97 Å². The molecule has 2 saturated heterocycles. The molecule has 2 aliphatic rings. The third-order valence-electron chi connectivity index (χ3n) is 4.92. The molecule has 0 amide bonds. The summed E-state index contributed by atoms with van der Waals surface area (Å²) in [6.45, 7) is 6.76. The van der Waals surface area contributed by atoms with E-state index in [4.69, 9.17) is 28.4 Å². The van der Waals surface area contributed by atoms with E-state index in [1.165, 1.54) is 14.2 Å². The summed E-state index contributed by atoms with van der Waals surface area (Å²) in [4.78, 5) is 18.5. The molecule has 0 bridgehead atoms. The first-order valence-corrected chi connectivity index (χ1v) is 9.57. The Morgan fingerprint density at radius 2 is 1.77 bits per heavy atom. The second kappa shape index (κ2) is 8.41. The number of fused-ring (bicyclic) bond motifs is 1. The summed E-state index contributed by atoms with van der Waals surface area (Å²) in [5.74, 6) is -2.57. The Kier molecular flexibility index (Phi) is 6.37. The normalized spacial score (nSPS) is 28.8. The maximum atomic E-state index is 11.6. The van der Waals surface area contributed by atoms with E-state index >= 15 is 0 Å². The molecular formula is C18H27N3O10. The lowest BCUT2D eigenvalue weighted by Gasteiger charge is -2.34. The van der Waals surface area contributed by atoms with Crippen molar-refractivity contribution in [3.8, 4) is 11.9 Å².